The van der Waals surface area contributed by atoms with E-state index in [2.05, 4.69) is 0 Å². The molecule has 0 spiro atoms. The third-order valence-electron chi connectivity index (χ3n) is 3.65. The van der Waals surface area contributed by atoms with Crippen molar-refractivity contribution in [2.45, 2.75) is 25.7 Å². The number of hydrogen-bond acceptors (Lipinski definition) is 2. The lowest BCUT2D eigenvalue weighted by atomic mass is 9.95. The zero-order chi connectivity index (χ0) is 13.7. The van der Waals surface area contributed by atoms with Crippen LogP contribution in [-0.2, 0) is 11.2 Å². The van der Waals surface area contributed by atoms with Crippen molar-refractivity contribution in [2.24, 2.45) is 5.92 Å². The molecule has 1 atom stereocenters. The monoisotopic (exact) mass is 265 g/mol. The molecule has 1 aliphatic heterocycles. The van der Waals surface area contributed by atoms with Gasteiger partial charge in [0, 0.05) is 19.7 Å². The lowest BCUT2D eigenvalue weighted by Crippen LogP contribution is -2.40. The van der Waals surface area contributed by atoms with Crippen molar-refractivity contribution in [3.8, 4) is 0 Å². The van der Waals surface area contributed by atoms with Gasteiger partial charge in [-0.2, -0.15) is 0 Å². The van der Waals surface area contributed by atoms with E-state index in [1.165, 1.54) is 12.1 Å². The summed E-state index contributed by atoms with van der Waals surface area (Å²) in [6.07, 6.45) is 3.07. The Hall–Kier alpha value is -1.42. The Morgan fingerprint density at radius 2 is 2.32 bits per heavy atom. The van der Waals surface area contributed by atoms with Crippen molar-refractivity contribution in [1.29, 1.82) is 0 Å². The van der Waals surface area contributed by atoms with E-state index in [4.69, 9.17) is 5.11 Å². The molecule has 2 rings (SSSR count). The molecule has 1 amide bonds. The Morgan fingerprint density at radius 1 is 1.47 bits per heavy atom. The van der Waals surface area contributed by atoms with Gasteiger partial charge < -0.3 is 10.0 Å². The van der Waals surface area contributed by atoms with Crippen LogP contribution in [0.2, 0.25) is 0 Å². The molecule has 1 heterocycles. The van der Waals surface area contributed by atoms with Crippen LogP contribution in [0.4, 0.5) is 4.39 Å². The molecule has 1 fully saturated rings. The average Bonchev–Trinajstić information content (AvgIpc) is 2.39. The topological polar surface area (TPSA) is 40.5 Å². The molecule has 1 aliphatic rings. The first kappa shape index (κ1) is 14.0. The largest absolute Gasteiger partial charge is 0.396 e. The van der Waals surface area contributed by atoms with Crippen LogP contribution in [0.25, 0.3) is 0 Å². The first-order valence-electron chi connectivity index (χ1n) is 6.82. The van der Waals surface area contributed by atoms with E-state index in [0.717, 1.165) is 25.8 Å². The second-order valence-corrected chi connectivity index (χ2v) is 5.17. The zero-order valence-corrected chi connectivity index (χ0v) is 11.0. The molecule has 104 valence electrons. The number of carbonyl (C=O) groups is 1. The SMILES string of the molecule is O=C(Cc1cccc(F)c1)N1CCCC(CCO)C1. The second kappa shape index (κ2) is 6.66. The van der Waals surface area contributed by atoms with Crippen LogP contribution >= 0.6 is 0 Å². The highest BCUT2D eigenvalue weighted by Gasteiger charge is 2.23. The van der Waals surface area contributed by atoms with Crippen LogP contribution in [0.1, 0.15) is 24.8 Å². The van der Waals surface area contributed by atoms with Gasteiger partial charge in [-0.1, -0.05) is 12.1 Å². The maximum atomic E-state index is 13.1. The lowest BCUT2D eigenvalue weighted by molar-refractivity contribution is -0.132. The molecule has 1 saturated heterocycles. The summed E-state index contributed by atoms with van der Waals surface area (Å²) in [7, 11) is 0. The summed E-state index contributed by atoms with van der Waals surface area (Å²) in [5.41, 5.74) is 0.717. The van der Waals surface area contributed by atoms with Crippen LogP contribution in [0.15, 0.2) is 24.3 Å². The molecular weight excluding hydrogens is 245 g/mol. The molecule has 1 unspecified atom stereocenters. The number of hydrogen-bond donors (Lipinski definition) is 1. The highest BCUT2D eigenvalue weighted by atomic mass is 19.1. The van der Waals surface area contributed by atoms with Crippen LogP contribution < -0.4 is 0 Å². The third kappa shape index (κ3) is 4.03. The predicted octanol–water partition coefficient (Wildman–Crippen LogP) is 1.99. The minimum atomic E-state index is -0.304. The number of amides is 1. The maximum Gasteiger partial charge on any atom is 0.227 e. The number of halogens is 1. The minimum Gasteiger partial charge on any atom is -0.396 e. The van der Waals surface area contributed by atoms with Crippen molar-refractivity contribution in [3.05, 3.63) is 35.6 Å². The van der Waals surface area contributed by atoms with Crippen LogP contribution in [-0.4, -0.2) is 35.6 Å². The first-order chi connectivity index (χ1) is 9.19. The molecule has 0 aromatic heterocycles. The number of nitrogens with zero attached hydrogens (tertiary/aromatic N) is 1. The number of likely N-dealkylation sites (tertiary alicyclic amines) is 1. The fourth-order valence-corrected chi connectivity index (χ4v) is 2.64. The quantitative estimate of drug-likeness (QED) is 0.904. The Labute approximate surface area is 113 Å². The van der Waals surface area contributed by atoms with E-state index in [9.17, 15) is 9.18 Å². The molecule has 3 nitrogen and oxygen atoms in total. The fraction of sp³-hybridized carbons (Fsp3) is 0.533. The summed E-state index contributed by atoms with van der Waals surface area (Å²) in [5.74, 6) is 0.144. The summed E-state index contributed by atoms with van der Waals surface area (Å²) in [6, 6.07) is 6.19. The van der Waals surface area contributed by atoms with E-state index < -0.39 is 0 Å². The molecular formula is C15H20FNO2. The summed E-state index contributed by atoms with van der Waals surface area (Å²) in [5, 5.41) is 8.96. The van der Waals surface area contributed by atoms with Crippen molar-refractivity contribution in [2.75, 3.05) is 19.7 Å². The number of aliphatic hydroxyl groups is 1. The summed E-state index contributed by atoms with van der Waals surface area (Å²) in [6.45, 7) is 1.67. The van der Waals surface area contributed by atoms with Gasteiger partial charge >= 0.3 is 0 Å². The van der Waals surface area contributed by atoms with Gasteiger partial charge in [-0.05, 0) is 42.9 Å². The van der Waals surface area contributed by atoms with Gasteiger partial charge in [-0.25, -0.2) is 4.39 Å². The number of benzene rings is 1. The van der Waals surface area contributed by atoms with Gasteiger partial charge in [0.25, 0.3) is 0 Å². The molecule has 0 bridgehead atoms. The summed E-state index contributed by atoms with van der Waals surface area (Å²) in [4.78, 5) is 14.0. The molecule has 0 aliphatic carbocycles. The van der Waals surface area contributed by atoms with Crippen LogP contribution in [0.5, 0.6) is 0 Å². The van der Waals surface area contributed by atoms with E-state index in [1.807, 2.05) is 4.90 Å². The lowest BCUT2D eigenvalue weighted by Gasteiger charge is -2.32. The van der Waals surface area contributed by atoms with Gasteiger partial charge in [0.1, 0.15) is 5.82 Å². The highest BCUT2D eigenvalue weighted by molar-refractivity contribution is 5.78. The number of rotatable bonds is 4. The van der Waals surface area contributed by atoms with E-state index in [0.29, 0.717) is 18.0 Å². The zero-order valence-electron chi connectivity index (χ0n) is 11.0. The molecule has 0 radical (unpaired) electrons. The number of piperidine rings is 1. The molecule has 0 saturated carbocycles. The Kier molecular flexibility index (Phi) is 4.91. The van der Waals surface area contributed by atoms with Gasteiger partial charge in [0.15, 0.2) is 0 Å². The normalized spacial score (nSPS) is 19.5. The first-order valence-corrected chi connectivity index (χ1v) is 6.82. The average molecular weight is 265 g/mol. The van der Waals surface area contributed by atoms with Gasteiger partial charge in [0.05, 0.1) is 6.42 Å². The smallest absolute Gasteiger partial charge is 0.227 e. The Balaban J connectivity index is 1.92. The van der Waals surface area contributed by atoms with Crippen molar-refractivity contribution >= 4 is 5.91 Å². The van der Waals surface area contributed by atoms with Crippen molar-refractivity contribution in [3.63, 3.8) is 0 Å². The Bertz CT molecular complexity index is 434. The van der Waals surface area contributed by atoms with Crippen LogP contribution in [0, 0.1) is 11.7 Å². The Morgan fingerprint density at radius 3 is 3.05 bits per heavy atom. The van der Waals surface area contributed by atoms with E-state index >= 15 is 0 Å². The molecule has 1 aromatic carbocycles. The van der Waals surface area contributed by atoms with Crippen molar-refractivity contribution in [1.82, 2.24) is 4.90 Å². The van der Waals surface area contributed by atoms with Crippen LogP contribution in [0.3, 0.4) is 0 Å². The minimum absolute atomic E-state index is 0.0493. The predicted molar refractivity (Wildman–Crippen MR) is 71.1 cm³/mol. The van der Waals surface area contributed by atoms with Gasteiger partial charge in [0.2, 0.25) is 5.91 Å². The standard InChI is InChI=1S/C15H20FNO2/c16-14-5-1-3-13(9-14)10-15(19)17-7-2-4-12(11-17)6-8-18/h1,3,5,9,12,18H,2,4,6-8,10-11H2. The van der Waals surface area contributed by atoms with Gasteiger partial charge in [-0.3, -0.25) is 4.79 Å². The van der Waals surface area contributed by atoms with E-state index in [1.54, 1.807) is 12.1 Å². The van der Waals surface area contributed by atoms with Crippen molar-refractivity contribution < 1.29 is 14.3 Å². The second-order valence-electron chi connectivity index (χ2n) is 5.17. The third-order valence-corrected chi connectivity index (χ3v) is 3.65. The summed E-state index contributed by atoms with van der Waals surface area (Å²) < 4.78 is 13.1. The molecule has 1 aromatic rings. The molecule has 4 heteroatoms. The fourth-order valence-electron chi connectivity index (χ4n) is 2.64. The number of aliphatic hydroxyl groups excluding tert-OH is 1. The number of carbonyl (C=O) groups excluding carboxylic acids is 1. The molecule has 1 N–H and O–H groups in total. The molecule has 19 heavy (non-hydrogen) atoms. The van der Waals surface area contributed by atoms with Gasteiger partial charge in [-0.15, -0.1) is 0 Å². The maximum absolute atomic E-state index is 13.1. The summed E-state index contributed by atoms with van der Waals surface area (Å²) >= 11 is 0. The highest BCUT2D eigenvalue weighted by Crippen LogP contribution is 2.20. The van der Waals surface area contributed by atoms with E-state index in [-0.39, 0.29) is 24.8 Å².